The van der Waals surface area contributed by atoms with Crippen LogP contribution in [-0.2, 0) is 9.59 Å². The molecule has 0 heterocycles. The average molecular weight is 228 g/mol. The van der Waals surface area contributed by atoms with Crippen LogP contribution in [0, 0.1) is 11.8 Å². The fourth-order valence-electron chi connectivity index (χ4n) is 1.61. The number of hydrogen-bond acceptors (Lipinski definition) is 3. The van der Waals surface area contributed by atoms with E-state index >= 15 is 0 Å². The highest BCUT2D eigenvalue weighted by molar-refractivity contribution is 5.90. The van der Waals surface area contributed by atoms with E-state index in [9.17, 15) is 9.59 Å². The Bertz CT molecular complexity index is 249. The molecule has 4 nitrogen and oxygen atoms in total. The summed E-state index contributed by atoms with van der Waals surface area (Å²) in [5.74, 6) is 0.246. The number of Topliss-reactive ketones (excluding diaryl/α,β-unsaturated/α-hetero) is 1. The first-order chi connectivity index (χ1) is 7.31. The zero-order valence-electron chi connectivity index (χ0n) is 11.0. The number of ketones is 1. The summed E-state index contributed by atoms with van der Waals surface area (Å²) in [5.41, 5.74) is 5.32. The molecule has 0 bridgehead atoms. The van der Waals surface area contributed by atoms with Gasteiger partial charge in [0.1, 0.15) is 0 Å². The topological polar surface area (TPSA) is 63.4 Å². The first-order valence-corrected chi connectivity index (χ1v) is 5.80. The van der Waals surface area contributed by atoms with E-state index in [4.69, 9.17) is 5.73 Å². The minimum absolute atomic E-state index is 0.0452. The van der Waals surface area contributed by atoms with Gasteiger partial charge in [-0.3, -0.25) is 9.59 Å². The van der Waals surface area contributed by atoms with Gasteiger partial charge in [0.15, 0.2) is 5.78 Å². The van der Waals surface area contributed by atoms with E-state index in [1.54, 1.807) is 7.05 Å². The Kier molecular flexibility index (Phi) is 6.26. The van der Waals surface area contributed by atoms with E-state index in [2.05, 4.69) is 0 Å². The first kappa shape index (κ1) is 15.1. The van der Waals surface area contributed by atoms with Crippen LogP contribution in [0.5, 0.6) is 0 Å². The predicted octanol–water partition coefficient (Wildman–Crippen LogP) is 1.04. The largest absolute Gasteiger partial charge is 0.335 e. The molecule has 4 heteroatoms. The average Bonchev–Trinajstić information content (AvgIpc) is 2.22. The maximum absolute atomic E-state index is 12.0. The lowest BCUT2D eigenvalue weighted by Gasteiger charge is -2.29. The van der Waals surface area contributed by atoms with Crippen molar-refractivity contribution in [1.29, 1.82) is 0 Å². The molecular formula is C12H24N2O2. The SMILES string of the molecule is CC(C)C[C@H](C(=O)C(C)C)N(C)C(=O)CN. The van der Waals surface area contributed by atoms with Crippen LogP contribution in [0.3, 0.4) is 0 Å². The third-order valence-corrected chi connectivity index (χ3v) is 2.63. The molecule has 0 fully saturated rings. The van der Waals surface area contributed by atoms with Gasteiger partial charge in [-0.25, -0.2) is 0 Å². The molecule has 2 N–H and O–H groups in total. The van der Waals surface area contributed by atoms with Crippen molar-refractivity contribution < 1.29 is 9.59 Å². The molecule has 0 aromatic heterocycles. The number of nitrogens with two attached hydrogens (primary N) is 1. The van der Waals surface area contributed by atoms with Gasteiger partial charge in [-0.05, 0) is 12.3 Å². The van der Waals surface area contributed by atoms with Crippen molar-refractivity contribution in [3.05, 3.63) is 0 Å². The normalized spacial score (nSPS) is 13.0. The van der Waals surface area contributed by atoms with Gasteiger partial charge in [0.05, 0.1) is 12.6 Å². The van der Waals surface area contributed by atoms with Crippen molar-refractivity contribution in [2.24, 2.45) is 17.6 Å². The molecule has 0 rings (SSSR count). The van der Waals surface area contributed by atoms with E-state index < -0.39 is 0 Å². The number of carbonyl (C=O) groups excluding carboxylic acids is 2. The van der Waals surface area contributed by atoms with E-state index in [0.717, 1.165) is 0 Å². The van der Waals surface area contributed by atoms with Gasteiger partial charge in [0.2, 0.25) is 5.91 Å². The van der Waals surface area contributed by atoms with E-state index in [-0.39, 0.29) is 30.2 Å². The van der Waals surface area contributed by atoms with Gasteiger partial charge < -0.3 is 10.6 Å². The molecule has 0 radical (unpaired) electrons. The number of rotatable bonds is 6. The third kappa shape index (κ3) is 4.31. The fourth-order valence-corrected chi connectivity index (χ4v) is 1.61. The molecule has 0 unspecified atom stereocenters. The number of carbonyl (C=O) groups is 2. The maximum Gasteiger partial charge on any atom is 0.236 e. The lowest BCUT2D eigenvalue weighted by Crippen LogP contribution is -2.47. The van der Waals surface area contributed by atoms with Crippen molar-refractivity contribution in [3.8, 4) is 0 Å². The van der Waals surface area contributed by atoms with Crippen LogP contribution in [0.1, 0.15) is 34.1 Å². The summed E-state index contributed by atoms with van der Waals surface area (Å²) in [6.07, 6.45) is 0.694. The summed E-state index contributed by atoms with van der Waals surface area (Å²) in [6, 6.07) is -0.337. The molecular weight excluding hydrogens is 204 g/mol. The lowest BCUT2D eigenvalue weighted by atomic mass is 9.93. The Morgan fingerprint density at radius 2 is 1.69 bits per heavy atom. The Morgan fingerprint density at radius 3 is 2.00 bits per heavy atom. The summed E-state index contributed by atoms with van der Waals surface area (Å²) in [5, 5.41) is 0. The van der Waals surface area contributed by atoms with Crippen LogP contribution in [0.25, 0.3) is 0 Å². The van der Waals surface area contributed by atoms with Crippen molar-refractivity contribution in [1.82, 2.24) is 4.90 Å². The quantitative estimate of drug-likeness (QED) is 0.739. The molecule has 16 heavy (non-hydrogen) atoms. The summed E-state index contributed by atoms with van der Waals surface area (Å²) < 4.78 is 0. The molecule has 0 aromatic rings. The first-order valence-electron chi connectivity index (χ1n) is 5.80. The highest BCUT2D eigenvalue weighted by Gasteiger charge is 2.28. The second kappa shape index (κ2) is 6.63. The van der Waals surface area contributed by atoms with Crippen LogP contribution >= 0.6 is 0 Å². The molecule has 0 aliphatic carbocycles. The van der Waals surface area contributed by atoms with Gasteiger partial charge in [0, 0.05) is 13.0 Å². The van der Waals surface area contributed by atoms with Crippen molar-refractivity contribution in [2.75, 3.05) is 13.6 Å². The highest BCUT2D eigenvalue weighted by Crippen LogP contribution is 2.15. The zero-order chi connectivity index (χ0) is 12.9. The Balaban J connectivity index is 4.79. The van der Waals surface area contributed by atoms with Crippen molar-refractivity contribution in [3.63, 3.8) is 0 Å². The van der Waals surface area contributed by atoms with Gasteiger partial charge in [-0.15, -0.1) is 0 Å². The molecule has 0 aliphatic heterocycles. The molecule has 0 aliphatic rings. The Hall–Kier alpha value is -0.900. The summed E-state index contributed by atoms with van der Waals surface area (Å²) in [7, 11) is 1.66. The van der Waals surface area contributed by atoms with Gasteiger partial charge in [-0.2, -0.15) is 0 Å². The van der Waals surface area contributed by atoms with Crippen LogP contribution in [0.4, 0.5) is 0 Å². The molecule has 0 spiro atoms. The van der Waals surface area contributed by atoms with E-state index in [1.807, 2.05) is 27.7 Å². The van der Waals surface area contributed by atoms with Gasteiger partial charge in [0.25, 0.3) is 0 Å². The smallest absolute Gasteiger partial charge is 0.236 e. The lowest BCUT2D eigenvalue weighted by molar-refractivity contribution is -0.138. The summed E-state index contributed by atoms with van der Waals surface area (Å²) in [6.45, 7) is 7.76. The molecule has 0 saturated heterocycles. The van der Waals surface area contributed by atoms with Crippen LogP contribution in [-0.4, -0.2) is 36.2 Å². The molecule has 0 aromatic carbocycles. The zero-order valence-corrected chi connectivity index (χ0v) is 11.0. The highest BCUT2D eigenvalue weighted by atomic mass is 16.2. The second-order valence-corrected chi connectivity index (χ2v) is 4.91. The van der Waals surface area contributed by atoms with Gasteiger partial charge >= 0.3 is 0 Å². The number of amides is 1. The number of nitrogens with zero attached hydrogens (tertiary/aromatic N) is 1. The van der Waals surface area contributed by atoms with E-state index in [1.165, 1.54) is 4.90 Å². The third-order valence-electron chi connectivity index (χ3n) is 2.63. The van der Waals surface area contributed by atoms with Crippen LogP contribution in [0.15, 0.2) is 0 Å². The Morgan fingerprint density at radius 1 is 1.19 bits per heavy atom. The van der Waals surface area contributed by atoms with Crippen molar-refractivity contribution >= 4 is 11.7 Å². The second-order valence-electron chi connectivity index (χ2n) is 4.91. The monoisotopic (exact) mass is 228 g/mol. The Labute approximate surface area is 98.2 Å². The number of likely N-dealkylation sites (N-methyl/N-ethyl adjacent to an activating group) is 1. The van der Waals surface area contributed by atoms with Gasteiger partial charge in [-0.1, -0.05) is 27.7 Å². The summed E-state index contributed by atoms with van der Waals surface area (Å²) in [4.78, 5) is 25.0. The maximum atomic E-state index is 12.0. The van der Waals surface area contributed by atoms with Crippen molar-refractivity contribution in [2.45, 2.75) is 40.2 Å². The molecule has 94 valence electrons. The summed E-state index contributed by atoms with van der Waals surface area (Å²) >= 11 is 0. The van der Waals surface area contributed by atoms with Crippen LogP contribution < -0.4 is 5.73 Å². The molecule has 1 amide bonds. The van der Waals surface area contributed by atoms with Crippen LogP contribution in [0.2, 0.25) is 0 Å². The number of hydrogen-bond donors (Lipinski definition) is 1. The fraction of sp³-hybridized carbons (Fsp3) is 0.833. The predicted molar refractivity (Wildman–Crippen MR) is 64.9 cm³/mol. The minimum Gasteiger partial charge on any atom is -0.335 e. The molecule has 0 saturated carbocycles. The standard InChI is InChI=1S/C12H24N2O2/c1-8(2)6-10(12(16)9(3)4)14(5)11(15)7-13/h8-10H,6-7,13H2,1-5H3/t10-/m1/s1. The minimum atomic E-state index is -0.337. The van der Waals surface area contributed by atoms with E-state index in [0.29, 0.717) is 12.3 Å². The molecule has 1 atom stereocenters.